The molecule has 0 aliphatic carbocycles. The van der Waals surface area contributed by atoms with E-state index in [-0.39, 0.29) is 6.10 Å². The van der Waals surface area contributed by atoms with Gasteiger partial charge in [0.05, 0.1) is 19.3 Å². The first kappa shape index (κ1) is 10.6. The average molecular weight is 207 g/mol. The molecule has 0 unspecified atom stereocenters. The number of rotatable bonds is 3. The number of morpholine rings is 1. The first-order valence-electron chi connectivity index (χ1n) is 5.39. The highest BCUT2D eigenvalue weighted by atomic mass is 16.5. The van der Waals surface area contributed by atoms with Gasteiger partial charge in [0.2, 0.25) is 0 Å². The van der Waals surface area contributed by atoms with E-state index in [1.807, 2.05) is 30.3 Å². The Kier molecular flexibility index (Phi) is 3.72. The minimum Gasteiger partial charge on any atom is -0.387 e. The summed E-state index contributed by atoms with van der Waals surface area (Å²) < 4.78 is 5.26. The molecule has 3 nitrogen and oxygen atoms in total. The van der Waals surface area contributed by atoms with Crippen LogP contribution < -0.4 is 0 Å². The maximum Gasteiger partial charge on any atom is 0.0916 e. The molecule has 1 N–H and O–H groups in total. The molecule has 1 aromatic carbocycles. The van der Waals surface area contributed by atoms with E-state index in [0.717, 1.165) is 31.9 Å². The number of hydrogen-bond donors (Lipinski definition) is 1. The standard InChI is InChI=1S/C12H17NO2/c14-12(11-4-2-1-3-5-11)10-13-6-8-15-9-7-13/h1-5,12,14H,6-10H2/t12-/m0/s1. The first-order valence-corrected chi connectivity index (χ1v) is 5.39. The molecule has 3 heteroatoms. The Morgan fingerprint density at radius 2 is 1.87 bits per heavy atom. The van der Waals surface area contributed by atoms with Crippen molar-refractivity contribution in [1.82, 2.24) is 4.90 Å². The van der Waals surface area contributed by atoms with E-state index in [0.29, 0.717) is 6.54 Å². The van der Waals surface area contributed by atoms with Crippen LogP contribution in [0.15, 0.2) is 30.3 Å². The molecule has 1 atom stereocenters. The molecular formula is C12H17NO2. The van der Waals surface area contributed by atoms with E-state index < -0.39 is 0 Å². The van der Waals surface area contributed by atoms with Gasteiger partial charge < -0.3 is 9.84 Å². The Balaban J connectivity index is 1.88. The molecule has 0 bridgehead atoms. The topological polar surface area (TPSA) is 32.7 Å². The zero-order chi connectivity index (χ0) is 10.5. The van der Waals surface area contributed by atoms with Crippen molar-refractivity contribution in [3.05, 3.63) is 35.9 Å². The van der Waals surface area contributed by atoms with Crippen molar-refractivity contribution in [2.75, 3.05) is 32.8 Å². The molecule has 15 heavy (non-hydrogen) atoms. The van der Waals surface area contributed by atoms with Crippen molar-refractivity contribution >= 4 is 0 Å². The van der Waals surface area contributed by atoms with Crippen LogP contribution in [-0.2, 0) is 4.74 Å². The molecule has 1 aromatic rings. The molecule has 1 aliphatic rings. The van der Waals surface area contributed by atoms with Gasteiger partial charge in [-0.15, -0.1) is 0 Å². The van der Waals surface area contributed by atoms with Crippen LogP contribution in [0.25, 0.3) is 0 Å². The number of benzene rings is 1. The Morgan fingerprint density at radius 1 is 1.20 bits per heavy atom. The molecule has 1 fully saturated rings. The van der Waals surface area contributed by atoms with Gasteiger partial charge in [-0.25, -0.2) is 0 Å². The Hall–Kier alpha value is -0.900. The zero-order valence-electron chi connectivity index (χ0n) is 8.80. The summed E-state index contributed by atoms with van der Waals surface area (Å²) in [5.41, 5.74) is 0.990. The summed E-state index contributed by atoms with van der Waals surface area (Å²) in [4.78, 5) is 2.24. The molecular weight excluding hydrogens is 190 g/mol. The molecule has 0 saturated carbocycles. The van der Waals surface area contributed by atoms with Crippen LogP contribution >= 0.6 is 0 Å². The number of β-amino-alcohol motifs (C(OH)–C–C–N with tert-alkyl or cyclic N) is 1. The lowest BCUT2D eigenvalue weighted by atomic mass is 10.1. The number of hydrogen-bond acceptors (Lipinski definition) is 3. The van der Waals surface area contributed by atoms with Crippen molar-refractivity contribution in [3.8, 4) is 0 Å². The lowest BCUT2D eigenvalue weighted by molar-refractivity contribution is 0.0143. The molecule has 1 aliphatic heterocycles. The lowest BCUT2D eigenvalue weighted by Gasteiger charge is -2.28. The van der Waals surface area contributed by atoms with E-state index in [2.05, 4.69) is 4.90 Å². The molecule has 2 rings (SSSR count). The second-order valence-electron chi connectivity index (χ2n) is 3.84. The summed E-state index contributed by atoms with van der Waals surface area (Å²) in [6, 6.07) is 9.80. The smallest absolute Gasteiger partial charge is 0.0916 e. The fraction of sp³-hybridized carbons (Fsp3) is 0.500. The summed E-state index contributed by atoms with van der Waals surface area (Å²) in [5, 5.41) is 9.99. The van der Waals surface area contributed by atoms with Crippen molar-refractivity contribution in [3.63, 3.8) is 0 Å². The number of aliphatic hydroxyl groups is 1. The van der Waals surface area contributed by atoms with Gasteiger partial charge in [-0.1, -0.05) is 30.3 Å². The van der Waals surface area contributed by atoms with Crippen LogP contribution in [0.1, 0.15) is 11.7 Å². The maximum atomic E-state index is 9.99. The van der Waals surface area contributed by atoms with Gasteiger partial charge in [0.25, 0.3) is 0 Å². The zero-order valence-corrected chi connectivity index (χ0v) is 8.80. The fourth-order valence-electron chi connectivity index (χ4n) is 1.81. The summed E-state index contributed by atoms with van der Waals surface area (Å²) in [7, 11) is 0. The Labute approximate surface area is 90.3 Å². The number of nitrogens with zero attached hydrogens (tertiary/aromatic N) is 1. The summed E-state index contributed by atoms with van der Waals surface area (Å²) in [5.74, 6) is 0. The predicted octanol–water partition coefficient (Wildman–Crippen LogP) is 1.05. The highest BCUT2D eigenvalue weighted by molar-refractivity contribution is 5.17. The van der Waals surface area contributed by atoms with Gasteiger partial charge in [-0.2, -0.15) is 0 Å². The Morgan fingerprint density at radius 3 is 2.53 bits per heavy atom. The van der Waals surface area contributed by atoms with E-state index in [4.69, 9.17) is 4.74 Å². The predicted molar refractivity (Wildman–Crippen MR) is 58.7 cm³/mol. The minimum absolute atomic E-state index is 0.385. The second-order valence-corrected chi connectivity index (χ2v) is 3.84. The highest BCUT2D eigenvalue weighted by Crippen LogP contribution is 2.14. The molecule has 0 aromatic heterocycles. The minimum atomic E-state index is -0.385. The van der Waals surface area contributed by atoms with Crippen molar-refractivity contribution in [2.45, 2.75) is 6.10 Å². The normalized spacial score (nSPS) is 20.1. The van der Waals surface area contributed by atoms with Gasteiger partial charge in [-0.3, -0.25) is 4.90 Å². The second kappa shape index (κ2) is 5.26. The van der Waals surface area contributed by atoms with Crippen LogP contribution in [-0.4, -0.2) is 42.9 Å². The third-order valence-electron chi connectivity index (χ3n) is 2.72. The van der Waals surface area contributed by atoms with Crippen LogP contribution in [0.5, 0.6) is 0 Å². The summed E-state index contributed by atoms with van der Waals surface area (Å²) in [6.07, 6.45) is -0.385. The lowest BCUT2D eigenvalue weighted by Crippen LogP contribution is -2.38. The molecule has 1 saturated heterocycles. The quantitative estimate of drug-likeness (QED) is 0.804. The fourth-order valence-corrected chi connectivity index (χ4v) is 1.81. The molecule has 0 amide bonds. The average Bonchev–Trinajstić information content (AvgIpc) is 2.31. The van der Waals surface area contributed by atoms with Crippen molar-refractivity contribution in [2.24, 2.45) is 0 Å². The van der Waals surface area contributed by atoms with Gasteiger partial charge in [0, 0.05) is 19.6 Å². The van der Waals surface area contributed by atoms with Crippen molar-refractivity contribution < 1.29 is 9.84 Å². The van der Waals surface area contributed by atoms with Crippen LogP contribution in [0.4, 0.5) is 0 Å². The third-order valence-corrected chi connectivity index (χ3v) is 2.72. The molecule has 0 spiro atoms. The molecule has 0 radical (unpaired) electrons. The number of ether oxygens (including phenoxy) is 1. The summed E-state index contributed by atoms with van der Waals surface area (Å²) >= 11 is 0. The monoisotopic (exact) mass is 207 g/mol. The SMILES string of the molecule is O[C@@H](CN1CCOCC1)c1ccccc1. The largest absolute Gasteiger partial charge is 0.387 e. The van der Waals surface area contributed by atoms with E-state index in [1.165, 1.54) is 0 Å². The van der Waals surface area contributed by atoms with Crippen molar-refractivity contribution in [1.29, 1.82) is 0 Å². The first-order chi connectivity index (χ1) is 7.36. The van der Waals surface area contributed by atoms with Gasteiger partial charge in [0.1, 0.15) is 0 Å². The van der Waals surface area contributed by atoms with Gasteiger partial charge in [0.15, 0.2) is 0 Å². The highest BCUT2D eigenvalue weighted by Gasteiger charge is 2.15. The van der Waals surface area contributed by atoms with E-state index >= 15 is 0 Å². The van der Waals surface area contributed by atoms with Crippen LogP contribution in [0.2, 0.25) is 0 Å². The summed E-state index contributed by atoms with van der Waals surface area (Å²) in [6.45, 7) is 4.10. The van der Waals surface area contributed by atoms with E-state index in [9.17, 15) is 5.11 Å². The Bertz CT molecular complexity index is 283. The number of aliphatic hydroxyl groups excluding tert-OH is 1. The third kappa shape index (κ3) is 3.02. The van der Waals surface area contributed by atoms with Crippen LogP contribution in [0.3, 0.4) is 0 Å². The maximum absolute atomic E-state index is 9.99. The molecule has 1 heterocycles. The van der Waals surface area contributed by atoms with E-state index in [1.54, 1.807) is 0 Å². The van der Waals surface area contributed by atoms with Gasteiger partial charge in [-0.05, 0) is 5.56 Å². The van der Waals surface area contributed by atoms with Crippen LogP contribution in [0, 0.1) is 0 Å². The van der Waals surface area contributed by atoms with Gasteiger partial charge >= 0.3 is 0 Å². The molecule has 82 valence electrons.